The molecule has 2 nitrogen and oxygen atoms in total. The molecule has 1 fully saturated rings. The molecule has 1 rings (SSSR count). The Labute approximate surface area is 55.5 Å². The SMILES string of the molecule is C[C@@]1(O)CCC[C@@]1(C)O. The molecule has 1 aliphatic rings. The lowest BCUT2D eigenvalue weighted by Gasteiger charge is -2.31. The van der Waals surface area contributed by atoms with Crippen molar-refractivity contribution in [3.8, 4) is 0 Å². The topological polar surface area (TPSA) is 40.5 Å². The van der Waals surface area contributed by atoms with E-state index in [1.165, 1.54) is 0 Å². The molecule has 1 saturated carbocycles. The van der Waals surface area contributed by atoms with Gasteiger partial charge in [0.15, 0.2) is 0 Å². The van der Waals surface area contributed by atoms with Gasteiger partial charge in [0.05, 0.1) is 11.2 Å². The maximum Gasteiger partial charge on any atom is 0.0902 e. The van der Waals surface area contributed by atoms with Crippen LogP contribution in [0.25, 0.3) is 0 Å². The summed E-state index contributed by atoms with van der Waals surface area (Å²) in [7, 11) is 0. The Kier molecular flexibility index (Phi) is 1.33. The summed E-state index contributed by atoms with van der Waals surface area (Å²) in [6.45, 7) is 3.39. The molecule has 0 radical (unpaired) electrons. The Morgan fingerprint density at radius 2 is 1.33 bits per heavy atom. The van der Waals surface area contributed by atoms with E-state index in [4.69, 9.17) is 0 Å². The molecule has 1 aliphatic carbocycles. The molecule has 9 heavy (non-hydrogen) atoms. The Hall–Kier alpha value is -0.0800. The van der Waals surface area contributed by atoms with E-state index in [2.05, 4.69) is 0 Å². The molecule has 2 N–H and O–H groups in total. The summed E-state index contributed by atoms with van der Waals surface area (Å²) >= 11 is 0. The molecule has 0 aromatic carbocycles. The van der Waals surface area contributed by atoms with Gasteiger partial charge in [0.2, 0.25) is 0 Å². The first-order valence-electron chi connectivity index (χ1n) is 3.40. The number of aliphatic hydroxyl groups is 2. The molecule has 0 aliphatic heterocycles. The van der Waals surface area contributed by atoms with Crippen molar-refractivity contribution in [2.75, 3.05) is 0 Å². The predicted octanol–water partition coefficient (Wildman–Crippen LogP) is 0.672. The summed E-state index contributed by atoms with van der Waals surface area (Å²) in [4.78, 5) is 0. The van der Waals surface area contributed by atoms with Gasteiger partial charge in [-0.15, -0.1) is 0 Å². The maximum absolute atomic E-state index is 9.47. The highest BCUT2D eigenvalue weighted by atomic mass is 16.4. The van der Waals surface area contributed by atoms with Crippen molar-refractivity contribution in [1.29, 1.82) is 0 Å². The third-order valence-corrected chi connectivity index (χ3v) is 2.49. The summed E-state index contributed by atoms with van der Waals surface area (Å²) < 4.78 is 0. The van der Waals surface area contributed by atoms with Gasteiger partial charge in [0, 0.05) is 0 Å². The van der Waals surface area contributed by atoms with Gasteiger partial charge in [0.1, 0.15) is 0 Å². The minimum Gasteiger partial charge on any atom is -0.387 e. The molecule has 2 atom stereocenters. The zero-order valence-corrected chi connectivity index (χ0v) is 6.02. The summed E-state index contributed by atoms with van der Waals surface area (Å²) in [5.41, 5.74) is -1.71. The van der Waals surface area contributed by atoms with Gasteiger partial charge < -0.3 is 10.2 Å². The summed E-state index contributed by atoms with van der Waals surface area (Å²) in [6, 6.07) is 0. The first kappa shape index (κ1) is 7.03. The lowest BCUT2D eigenvalue weighted by atomic mass is 9.90. The van der Waals surface area contributed by atoms with Crippen molar-refractivity contribution < 1.29 is 10.2 Å². The average Bonchev–Trinajstić information content (AvgIpc) is 1.81. The fourth-order valence-corrected chi connectivity index (χ4v) is 1.32. The van der Waals surface area contributed by atoms with Crippen LogP contribution in [0.15, 0.2) is 0 Å². The molecule has 0 aromatic rings. The van der Waals surface area contributed by atoms with Gasteiger partial charge in [-0.25, -0.2) is 0 Å². The first-order chi connectivity index (χ1) is 3.96. The smallest absolute Gasteiger partial charge is 0.0902 e. The van der Waals surface area contributed by atoms with E-state index in [0.717, 1.165) is 19.3 Å². The van der Waals surface area contributed by atoms with E-state index < -0.39 is 11.2 Å². The van der Waals surface area contributed by atoms with Crippen molar-refractivity contribution in [3.05, 3.63) is 0 Å². The van der Waals surface area contributed by atoms with Crippen LogP contribution >= 0.6 is 0 Å². The third-order valence-electron chi connectivity index (χ3n) is 2.49. The zero-order valence-electron chi connectivity index (χ0n) is 6.02. The molecule has 0 heterocycles. The van der Waals surface area contributed by atoms with E-state index >= 15 is 0 Å². The molecule has 0 saturated heterocycles. The number of hydrogen-bond donors (Lipinski definition) is 2. The van der Waals surface area contributed by atoms with Gasteiger partial charge in [-0.3, -0.25) is 0 Å². The molecule has 54 valence electrons. The van der Waals surface area contributed by atoms with E-state index in [0.29, 0.717) is 0 Å². The summed E-state index contributed by atoms with van der Waals surface area (Å²) in [5.74, 6) is 0. The Bertz CT molecular complexity index is 102. The normalized spacial score (nSPS) is 52.0. The van der Waals surface area contributed by atoms with E-state index in [9.17, 15) is 10.2 Å². The number of rotatable bonds is 0. The van der Waals surface area contributed by atoms with Gasteiger partial charge in [-0.05, 0) is 33.1 Å². The van der Waals surface area contributed by atoms with Crippen LogP contribution in [0.1, 0.15) is 33.1 Å². The summed E-state index contributed by atoms with van der Waals surface area (Å²) in [5, 5.41) is 18.9. The Balaban J connectivity index is 2.75. The maximum atomic E-state index is 9.47. The molecule has 0 unspecified atom stereocenters. The molecule has 0 aromatic heterocycles. The van der Waals surface area contributed by atoms with Crippen molar-refractivity contribution in [2.45, 2.75) is 44.3 Å². The van der Waals surface area contributed by atoms with Crippen molar-refractivity contribution >= 4 is 0 Å². The van der Waals surface area contributed by atoms with Crippen LogP contribution < -0.4 is 0 Å². The molecule has 0 spiro atoms. The van der Waals surface area contributed by atoms with Crippen LogP contribution in [0.5, 0.6) is 0 Å². The molecule has 0 amide bonds. The van der Waals surface area contributed by atoms with Crippen LogP contribution in [0.4, 0.5) is 0 Å². The van der Waals surface area contributed by atoms with Crippen LogP contribution in [-0.4, -0.2) is 21.4 Å². The lowest BCUT2D eigenvalue weighted by Crippen LogP contribution is -2.44. The summed E-state index contributed by atoms with van der Waals surface area (Å²) in [6.07, 6.45) is 2.38. The predicted molar refractivity (Wildman–Crippen MR) is 35.1 cm³/mol. The first-order valence-corrected chi connectivity index (χ1v) is 3.40. The Morgan fingerprint density at radius 3 is 1.44 bits per heavy atom. The fourth-order valence-electron chi connectivity index (χ4n) is 1.32. The van der Waals surface area contributed by atoms with Gasteiger partial charge in [0.25, 0.3) is 0 Å². The van der Waals surface area contributed by atoms with Crippen molar-refractivity contribution in [3.63, 3.8) is 0 Å². The second-order valence-corrected chi connectivity index (χ2v) is 3.40. The average molecular weight is 130 g/mol. The Morgan fingerprint density at radius 1 is 1.00 bits per heavy atom. The minimum absolute atomic E-state index is 0.722. The van der Waals surface area contributed by atoms with Gasteiger partial charge in [-0.1, -0.05) is 0 Å². The zero-order chi connectivity index (χ0) is 7.12. The number of hydrogen-bond acceptors (Lipinski definition) is 2. The molecular formula is C7H14O2. The second-order valence-electron chi connectivity index (χ2n) is 3.40. The second kappa shape index (κ2) is 1.70. The molecule has 2 heteroatoms. The van der Waals surface area contributed by atoms with Crippen molar-refractivity contribution in [1.82, 2.24) is 0 Å². The van der Waals surface area contributed by atoms with Crippen LogP contribution in [-0.2, 0) is 0 Å². The largest absolute Gasteiger partial charge is 0.387 e. The van der Waals surface area contributed by atoms with Crippen LogP contribution in [0.2, 0.25) is 0 Å². The van der Waals surface area contributed by atoms with E-state index in [-0.39, 0.29) is 0 Å². The van der Waals surface area contributed by atoms with E-state index in [1.54, 1.807) is 13.8 Å². The van der Waals surface area contributed by atoms with Crippen LogP contribution in [0, 0.1) is 0 Å². The highest BCUT2D eigenvalue weighted by molar-refractivity contribution is 4.98. The van der Waals surface area contributed by atoms with Gasteiger partial charge in [-0.2, -0.15) is 0 Å². The van der Waals surface area contributed by atoms with Crippen molar-refractivity contribution in [2.24, 2.45) is 0 Å². The molecule has 0 bridgehead atoms. The molecular weight excluding hydrogens is 116 g/mol. The monoisotopic (exact) mass is 130 g/mol. The highest BCUT2D eigenvalue weighted by Crippen LogP contribution is 2.38. The third kappa shape index (κ3) is 0.970. The fraction of sp³-hybridized carbons (Fsp3) is 1.00. The standard InChI is InChI=1S/C7H14O2/c1-6(8)4-3-5-7(6,2)9/h8-9H,3-5H2,1-2H3/t6-,7-/m1/s1. The minimum atomic E-state index is -0.854. The highest BCUT2D eigenvalue weighted by Gasteiger charge is 2.45. The van der Waals surface area contributed by atoms with Gasteiger partial charge >= 0.3 is 0 Å². The van der Waals surface area contributed by atoms with E-state index in [1.807, 2.05) is 0 Å². The lowest BCUT2D eigenvalue weighted by molar-refractivity contribution is -0.107. The van der Waals surface area contributed by atoms with Crippen LogP contribution in [0.3, 0.4) is 0 Å². The quantitative estimate of drug-likeness (QED) is 0.506.